The minimum atomic E-state index is -1.57. The molecule has 0 radical (unpaired) electrons. The van der Waals surface area contributed by atoms with Gasteiger partial charge in [-0.05, 0) is 36.4 Å². The van der Waals surface area contributed by atoms with E-state index in [1.165, 1.54) is 23.0 Å². The van der Waals surface area contributed by atoms with Crippen molar-refractivity contribution in [3.63, 3.8) is 0 Å². The number of halogens is 1. The van der Waals surface area contributed by atoms with Gasteiger partial charge in [-0.1, -0.05) is 12.1 Å². The Bertz CT molecular complexity index is 1010. The molecule has 0 spiro atoms. The van der Waals surface area contributed by atoms with E-state index < -0.39 is 5.67 Å². The van der Waals surface area contributed by atoms with E-state index in [1.807, 2.05) is 42.1 Å². The first-order valence-corrected chi connectivity index (χ1v) is 10.6. The Kier molecular flexibility index (Phi) is 4.85. The summed E-state index contributed by atoms with van der Waals surface area (Å²) in [5.41, 5.74) is 0.970. The standard InChI is InChI=1S/C22H20FN3O2S/c23-22(9-13-27-14-10-22)20-21(25-12-11-24-20)28-17-7-5-16(6-8-17)26-15-29-19-4-2-1-3-18(19)26/h1-8,11-12H,9-10,13-15H2. The highest BCUT2D eigenvalue weighted by molar-refractivity contribution is 7.99. The number of hydrogen-bond acceptors (Lipinski definition) is 6. The highest BCUT2D eigenvalue weighted by Crippen LogP contribution is 2.43. The van der Waals surface area contributed by atoms with Gasteiger partial charge in [0.2, 0.25) is 5.88 Å². The van der Waals surface area contributed by atoms with Crippen molar-refractivity contribution in [2.24, 2.45) is 0 Å². The number of fused-ring (bicyclic) bond motifs is 1. The zero-order chi connectivity index (χ0) is 19.7. The smallest absolute Gasteiger partial charge is 0.244 e. The molecule has 3 aromatic rings. The molecule has 0 aliphatic carbocycles. The number of nitrogens with zero attached hydrogens (tertiary/aromatic N) is 3. The fourth-order valence-corrected chi connectivity index (χ4v) is 4.72. The van der Waals surface area contributed by atoms with Gasteiger partial charge >= 0.3 is 0 Å². The maximum atomic E-state index is 15.4. The average molecular weight is 409 g/mol. The molecule has 1 fully saturated rings. The van der Waals surface area contributed by atoms with Crippen molar-refractivity contribution in [1.82, 2.24) is 9.97 Å². The molecule has 2 aliphatic heterocycles. The van der Waals surface area contributed by atoms with E-state index in [0.29, 0.717) is 19.0 Å². The zero-order valence-electron chi connectivity index (χ0n) is 15.8. The van der Waals surface area contributed by atoms with Gasteiger partial charge in [-0.25, -0.2) is 9.37 Å². The normalized spacial score (nSPS) is 17.8. The van der Waals surface area contributed by atoms with Crippen molar-refractivity contribution in [2.75, 3.05) is 24.0 Å². The number of para-hydroxylation sites is 1. The van der Waals surface area contributed by atoms with Crippen LogP contribution in [0.5, 0.6) is 11.6 Å². The largest absolute Gasteiger partial charge is 0.437 e. The Morgan fingerprint density at radius 1 is 1.00 bits per heavy atom. The van der Waals surface area contributed by atoms with Crippen LogP contribution < -0.4 is 9.64 Å². The molecule has 0 saturated carbocycles. The van der Waals surface area contributed by atoms with Gasteiger partial charge in [0, 0.05) is 35.8 Å². The second kappa shape index (κ2) is 7.65. The summed E-state index contributed by atoms with van der Waals surface area (Å²) in [5, 5.41) is 0. The molecule has 0 atom stereocenters. The van der Waals surface area contributed by atoms with E-state index in [1.54, 1.807) is 0 Å². The molecule has 0 N–H and O–H groups in total. The number of anilines is 2. The molecule has 0 amide bonds. The molecular formula is C22H20FN3O2S. The molecule has 5 nitrogen and oxygen atoms in total. The lowest BCUT2D eigenvalue weighted by atomic mass is 9.92. The summed E-state index contributed by atoms with van der Waals surface area (Å²) >= 11 is 1.82. The van der Waals surface area contributed by atoms with Crippen molar-refractivity contribution in [3.05, 3.63) is 66.6 Å². The van der Waals surface area contributed by atoms with Crippen LogP contribution in [0.3, 0.4) is 0 Å². The van der Waals surface area contributed by atoms with E-state index in [4.69, 9.17) is 9.47 Å². The van der Waals surface area contributed by atoms with Gasteiger partial charge in [0.25, 0.3) is 0 Å². The topological polar surface area (TPSA) is 47.5 Å². The van der Waals surface area contributed by atoms with Crippen LogP contribution in [0.2, 0.25) is 0 Å². The number of alkyl halides is 1. The van der Waals surface area contributed by atoms with E-state index in [0.717, 1.165) is 11.6 Å². The van der Waals surface area contributed by atoms with Gasteiger partial charge in [0.05, 0.1) is 24.8 Å². The van der Waals surface area contributed by atoms with Crippen LogP contribution in [0, 0.1) is 0 Å². The highest BCUT2D eigenvalue weighted by Gasteiger charge is 2.39. The van der Waals surface area contributed by atoms with E-state index in [2.05, 4.69) is 33.1 Å². The SMILES string of the molecule is FC1(c2nccnc2Oc2ccc(N3CSc4ccccc43)cc2)CCOCC1. The van der Waals surface area contributed by atoms with Crippen molar-refractivity contribution in [1.29, 1.82) is 0 Å². The summed E-state index contributed by atoms with van der Waals surface area (Å²) in [5.74, 6) is 1.69. The maximum absolute atomic E-state index is 15.4. The number of thioether (sulfide) groups is 1. The first kappa shape index (κ1) is 18.4. The molecule has 2 aliphatic rings. The molecule has 0 bridgehead atoms. The van der Waals surface area contributed by atoms with Gasteiger partial charge in [-0.3, -0.25) is 4.98 Å². The summed E-state index contributed by atoms with van der Waals surface area (Å²) < 4.78 is 26.6. The Labute approximate surface area is 172 Å². The van der Waals surface area contributed by atoms with Crippen LogP contribution in [-0.4, -0.2) is 29.1 Å². The predicted octanol–water partition coefficient (Wildman–Crippen LogP) is 5.45. The molecule has 7 heteroatoms. The third kappa shape index (κ3) is 3.56. The molecular weight excluding hydrogens is 389 g/mol. The van der Waals surface area contributed by atoms with Crippen LogP contribution in [0.15, 0.2) is 65.8 Å². The molecule has 5 rings (SSSR count). The molecule has 1 aromatic heterocycles. The second-order valence-corrected chi connectivity index (χ2v) is 8.04. The van der Waals surface area contributed by atoms with Gasteiger partial charge < -0.3 is 14.4 Å². The summed E-state index contributed by atoms with van der Waals surface area (Å²) in [7, 11) is 0. The number of ether oxygens (including phenoxy) is 2. The fourth-order valence-electron chi connectivity index (χ4n) is 3.66. The van der Waals surface area contributed by atoms with Gasteiger partial charge in [-0.2, -0.15) is 0 Å². The third-order valence-electron chi connectivity index (χ3n) is 5.24. The third-order valence-corrected chi connectivity index (χ3v) is 6.29. The fraction of sp³-hybridized carbons (Fsp3) is 0.273. The zero-order valence-corrected chi connectivity index (χ0v) is 16.6. The molecule has 3 heterocycles. The van der Waals surface area contributed by atoms with Crippen molar-refractivity contribution >= 4 is 23.1 Å². The summed E-state index contributed by atoms with van der Waals surface area (Å²) in [4.78, 5) is 12.0. The van der Waals surface area contributed by atoms with E-state index >= 15 is 4.39 Å². The Morgan fingerprint density at radius 2 is 1.76 bits per heavy atom. The maximum Gasteiger partial charge on any atom is 0.244 e. The number of aromatic nitrogens is 2. The lowest BCUT2D eigenvalue weighted by molar-refractivity contribution is -0.0151. The predicted molar refractivity (Wildman–Crippen MR) is 111 cm³/mol. The van der Waals surface area contributed by atoms with Gasteiger partial charge in [-0.15, -0.1) is 11.8 Å². The quantitative estimate of drug-likeness (QED) is 0.571. The average Bonchev–Trinajstić information content (AvgIpc) is 3.19. The molecule has 1 saturated heterocycles. The summed E-state index contributed by atoms with van der Waals surface area (Å²) in [6.45, 7) is 0.743. The monoisotopic (exact) mass is 409 g/mol. The van der Waals surface area contributed by atoms with Crippen LogP contribution in [0.4, 0.5) is 15.8 Å². The molecule has 148 valence electrons. The summed E-state index contributed by atoms with van der Waals surface area (Å²) in [6, 6.07) is 16.1. The molecule has 29 heavy (non-hydrogen) atoms. The van der Waals surface area contributed by atoms with E-state index in [9.17, 15) is 0 Å². The van der Waals surface area contributed by atoms with Crippen LogP contribution in [0.25, 0.3) is 0 Å². The molecule has 2 aromatic carbocycles. The number of benzene rings is 2. The second-order valence-electron chi connectivity index (χ2n) is 7.05. The highest BCUT2D eigenvalue weighted by atomic mass is 32.2. The minimum absolute atomic E-state index is 0.215. The minimum Gasteiger partial charge on any atom is -0.437 e. The van der Waals surface area contributed by atoms with Crippen molar-refractivity contribution < 1.29 is 13.9 Å². The molecule has 0 unspecified atom stereocenters. The lowest BCUT2D eigenvalue weighted by Gasteiger charge is -2.29. The van der Waals surface area contributed by atoms with E-state index in [-0.39, 0.29) is 24.4 Å². The van der Waals surface area contributed by atoms with Crippen LogP contribution in [-0.2, 0) is 10.4 Å². The van der Waals surface area contributed by atoms with Crippen molar-refractivity contribution in [3.8, 4) is 11.6 Å². The van der Waals surface area contributed by atoms with Gasteiger partial charge in [0.1, 0.15) is 11.4 Å². The number of rotatable bonds is 4. The first-order chi connectivity index (χ1) is 14.2. The van der Waals surface area contributed by atoms with Crippen molar-refractivity contribution in [2.45, 2.75) is 23.4 Å². The summed E-state index contributed by atoms with van der Waals surface area (Å²) in [6.07, 6.45) is 3.54. The van der Waals surface area contributed by atoms with Crippen LogP contribution in [0.1, 0.15) is 18.5 Å². The number of hydrogen-bond donors (Lipinski definition) is 0. The lowest BCUT2D eigenvalue weighted by Crippen LogP contribution is -2.30. The Morgan fingerprint density at radius 3 is 2.59 bits per heavy atom. The Hall–Kier alpha value is -2.64. The first-order valence-electron chi connectivity index (χ1n) is 9.58. The Balaban J connectivity index is 1.38. The van der Waals surface area contributed by atoms with Gasteiger partial charge in [0.15, 0.2) is 5.67 Å². The van der Waals surface area contributed by atoms with Crippen LogP contribution >= 0.6 is 11.8 Å².